The van der Waals surface area contributed by atoms with Gasteiger partial charge in [-0.05, 0) is 18.2 Å². The summed E-state index contributed by atoms with van der Waals surface area (Å²) < 4.78 is 0.821. The number of amides is 1. The van der Waals surface area contributed by atoms with Gasteiger partial charge in [0, 0.05) is 26.2 Å². The lowest BCUT2D eigenvalue weighted by molar-refractivity contribution is 0.100. The van der Waals surface area contributed by atoms with Crippen molar-refractivity contribution >= 4 is 44.9 Å². The van der Waals surface area contributed by atoms with Crippen LogP contribution in [0.1, 0.15) is 9.67 Å². The summed E-state index contributed by atoms with van der Waals surface area (Å²) in [6, 6.07) is 5.62. The number of anilines is 3. The molecule has 8 nitrogen and oxygen atoms in total. The second-order valence-electron chi connectivity index (χ2n) is 5.68. The van der Waals surface area contributed by atoms with Gasteiger partial charge in [-0.2, -0.15) is 0 Å². The van der Waals surface area contributed by atoms with Gasteiger partial charge in [0.15, 0.2) is 0 Å². The van der Waals surface area contributed by atoms with Gasteiger partial charge < -0.3 is 21.3 Å². The van der Waals surface area contributed by atoms with Crippen molar-refractivity contribution in [3.8, 4) is 0 Å². The second-order valence-corrected chi connectivity index (χ2v) is 6.77. The molecule has 0 saturated carbocycles. The van der Waals surface area contributed by atoms with Crippen LogP contribution in [0.2, 0.25) is 0 Å². The van der Waals surface area contributed by atoms with Crippen molar-refractivity contribution in [1.82, 2.24) is 20.3 Å². The molecule has 4 N–H and O–H groups in total. The maximum Gasteiger partial charge on any atom is 0.258 e. The molecule has 4 rings (SSSR count). The van der Waals surface area contributed by atoms with Gasteiger partial charge in [-0.1, -0.05) is 0 Å². The van der Waals surface area contributed by atoms with E-state index in [4.69, 9.17) is 5.73 Å². The number of primary amides is 1. The molecular weight excluding hydrogens is 338 g/mol. The highest BCUT2D eigenvalue weighted by atomic mass is 32.1. The van der Waals surface area contributed by atoms with Gasteiger partial charge in [0.25, 0.3) is 5.91 Å². The zero-order valence-electron chi connectivity index (χ0n) is 13.4. The van der Waals surface area contributed by atoms with Gasteiger partial charge in [0.05, 0.1) is 33.2 Å². The Balaban J connectivity index is 1.51. The number of thiophene rings is 1. The number of nitrogens with zero attached hydrogens (tertiary/aromatic N) is 4. The monoisotopic (exact) mass is 355 g/mol. The number of hydrogen-bond acceptors (Lipinski definition) is 8. The zero-order valence-corrected chi connectivity index (χ0v) is 14.2. The number of nitrogens with two attached hydrogens (primary N) is 1. The molecule has 0 spiro atoms. The van der Waals surface area contributed by atoms with E-state index in [1.807, 2.05) is 18.3 Å². The number of hydrogen-bond donors (Lipinski definition) is 3. The minimum absolute atomic E-state index is 0.434. The number of nitrogens with one attached hydrogen (secondary N) is 2. The Morgan fingerprint density at radius 2 is 2.08 bits per heavy atom. The van der Waals surface area contributed by atoms with E-state index in [2.05, 4.69) is 30.5 Å². The molecule has 0 radical (unpaired) electrons. The van der Waals surface area contributed by atoms with E-state index in [9.17, 15) is 4.79 Å². The third-order valence-electron chi connectivity index (χ3n) is 3.98. The first kappa shape index (κ1) is 15.7. The lowest BCUT2D eigenvalue weighted by Crippen LogP contribution is -2.43. The molecule has 0 bridgehead atoms. The average Bonchev–Trinajstić information content (AvgIpc) is 3.07. The fourth-order valence-corrected chi connectivity index (χ4v) is 3.53. The summed E-state index contributed by atoms with van der Waals surface area (Å²) in [5, 5.41) is 6.42. The number of pyridine rings is 1. The van der Waals surface area contributed by atoms with Crippen molar-refractivity contribution in [2.45, 2.75) is 0 Å². The number of fused-ring (bicyclic) bond motifs is 1. The van der Waals surface area contributed by atoms with Crippen LogP contribution in [0.15, 0.2) is 30.6 Å². The van der Waals surface area contributed by atoms with Crippen molar-refractivity contribution in [2.75, 3.05) is 36.4 Å². The van der Waals surface area contributed by atoms with E-state index in [-0.39, 0.29) is 0 Å². The molecule has 128 valence electrons. The van der Waals surface area contributed by atoms with E-state index in [1.54, 1.807) is 12.3 Å². The predicted octanol–water partition coefficient (Wildman–Crippen LogP) is 1.34. The van der Waals surface area contributed by atoms with Gasteiger partial charge >= 0.3 is 0 Å². The van der Waals surface area contributed by atoms with Crippen molar-refractivity contribution in [1.29, 1.82) is 0 Å². The lowest BCUT2D eigenvalue weighted by atomic mass is 10.3. The van der Waals surface area contributed by atoms with Crippen LogP contribution in [0.25, 0.3) is 10.2 Å². The van der Waals surface area contributed by atoms with Crippen LogP contribution in [-0.4, -0.2) is 47.0 Å². The number of piperazine rings is 1. The first-order chi connectivity index (χ1) is 12.2. The quantitative estimate of drug-likeness (QED) is 0.648. The lowest BCUT2D eigenvalue weighted by Gasteiger charge is -2.29. The summed E-state index contributed by atoms with van der Waals surface area (Å²) in [6.45, 7) is 3.94. The Morgan fingerprint density at radius 1 is 1.24 bits per heavy atom. The van der Waals surface area contributed by atoms with Crippen LogP contribution in [0, 0.1) is 0 Å². The molecule has 9 heteroatoms. The Hall–Kier alpha value is -2.78. The van der Waals surface area contributed by atoms with Crippen LogP contribution in [0.4, 0.5) is 17.5 Å². The molecule has 4 heterocycles. The summed E-state index contributed by atoms with van der Waals surface area (Å²) in [7, 11) is 0. The maximum atomic E-state index is 11.3. The molecule has 0 unspecified atom stereocenters. The molecule has 25 heavy (non-hydrogen) atoms. The van der Waals surface area contributed by atoms with Gasteiger partial charge in [-0.25, -0.2) is 15.0 Å². The summed E-state index contributed by atoms with van der Waals surface area (Å²) in [4.78, 5) is 27.1. The highest BCUT2D eigenvalue weighted by molar-refractivity contribution is 7.20. The zero-order chi connectivity index (χ0) is 17.2. The third-order valence-corrected chi connectivity index (χ3v) is 5.06. The van der Waals surface area contributed by atoms with Crippen molar-refractivity contribution in [3.05, 3.63) is 35.5 Å². The smallest absolute Gasteiger partial charge is 0.258 e. The van der Waals surface area contributed by atoms with Gasteiger partial charge in [-0.3, -0.25) is 4.79 Å². The van der Waals surface area contributed by atoms with Gasteiger partial charge in [0.2, 0.25) is 5.95 Å². The second kappa shape index (κ2) is 6.61. The van der Waals surface area contributed by atoms with E-state index in [1.165, 1.54) is 11.3 Å². The van der Waals surface area contributed by atoms with Crippen LogP contribution in [0.5, 0.6) is 0 Å². The first-order valence-corrected chi connectivity index (χ1v) is 8.76. The summed E-state index contributed by atoms with van der Waals surface area (Å²) >= 11 is 1.28. The Bertz CT molecular complexity index is 902. The molecule has 1 aliphatic rings. The Kier molecular flexibility index (Phi) is 4.16. The normalized spacial score (nSPS) is 14.6. The standard InChI is InChI=1S/C16H17N7OS/c17-15(24)12-7-11-13(25-12)9-20-16(21-11)22-14-2-1-10(8-19-14)23-5-3-18-4-6-23/h1-2,7-9,18H,3-6H2,(H2,17,24)(H,19,20,21,22). The van der Waals surface area contributed by atoms with Crippen molar-refractivity contribution in [2.24, 2.45) is 5.73 Å². The molecule has 1 saturated heterocycles. The number of rotatable bonds is 4. The largest absolute Gasteiger partial charge is 0.368 e. The van der Waals surface area contributed by atoms with E-state index < -0.39 is 5.91 Å². The highest BCUT2D eigenvalue weighted by Crippen LogP contribution is 2.25. The molecule has 1 amide bonds. The summed E-state index contributed by atoms with van der Waals surface area (Å²) in [5.74, 6) is 0.648. The SMILES string of the molecule is NC(=O)c1cc2nc(Nc3ccc(N4CCNCC4)cn3)ncc2s1. The van der Waals surface area contributed by atoms with Crippen LogP contribution in [0.3, 0.4) is 0 Å². The fraction of sp³-hybridized carbons (Fsp3) is 0.250. The molecule has 0 atom stereocenters. The molecule has 0 aromatic carbocycles. The summed E-state index contributed by atoms with van der Waals surface area (Å²) in [6.07, 6.45) is 3.53. The average molecular weight is 355 g/mol. The molecule has 3 aromatic rings. The molecule has 1 fully saturated rings. The summed E-state index contributed by atoms with van der Waals surface area (Å²) in [5.41, 5.74) is 7.10. The number of carbonyl (C=O) groups is 1. The Labute approximate surface area is 148 Å². The molecule has 0 aliphatic carbocycles. The topological polar surface area (TPSA) is 109 Å². The third kappa shape index (κ3) is 3.37. The molecule has 1 aliphatic heterocycles. The van der Waals surface area contributed by atoms with Crippen LogP contribution >= 0.6 is 11.3 Å². The predicted molar refractivity (Wildman–Crippen MR) is 98.5 cm³/mol. The number of aromatic nitrogens is 3. The van der Waals surface area contributed by atoms with Crippen molar-refractivity contribution in [3.63, 3.8) is 0 Å². The van der Waals surface area contributed by atoms with Gasteiger partial charge in [0.1, 0.15) is 5.82 Å². The number of carbonyl (C=O) groups excluding carboxylic acids is 1. The van der Waals surface area contributed by atoms with Crippen LogP contribution in [-0.2, 0) is 0 Å². The van der Waals surface area contributed by atoms with E-state index in [0.717, 1.165) is 36.6 Å². The van der Waals surface area contributed by atoms with Crippen LogP contribution < -0.4 is 21.3 Å². The minimum atomic E-state index is -0.456. The van der Waals surface area contributed by atoms with Gasteiger partial charge in [-0.15, -0.1) is 11.3 Å². The van der Waals surface area contributed by atoms with Crippen molar-refractivity contribution < 1.29 is 4.79 Å². The molecular formula is C16H17N7OS. The molecule has 3 aromatic heterocycles. The Morgan fingerprint density at radius 3 is 2.80 bits per heavy atom. The highest BCUT2D eigenvalue weighted by Gasteiger charge is 2.12. The fourth-order valence-electron chi connectivity index (χ4n) is 2.70. The maximum absolute atomic E-state index is 11.3. The van der Waals surface area contributed by atoms with E-state index in [0.29, 0.717) is 22.2 Å². The first-order valence-electron chi connectivity index (χ1n) is 7.94. The minimum Gasteiger partial charge on any atom is -0.368 e. The van der Waals surface area contributed by atoms with E-state index >= 15 is 0 Å².